The molecule has 0 aliphatic carbocycles. The van der Waals surface area contributed by atoms with Crippen molar-refractivity contribution in [3.05, 3.63) is 35.9 Å². The minimum Gasteiger partial charge on any atom is -0.481 e. The smallest absolute Gasteiger partial charge is 0.407 e. The lowest BCUT2D eigenvalue weighted by atomic mass is 9.97. The second-order valence-electron chi connectivity index (χ2n) is 5.61. The van der Waals surface area contributed by atoms with Crippen LogP contribution in [0.25, 0.3) is 0 Å². The fraction of sp³-hybridized carbons (Fsp3) is 0.500. The first-order valence-corrected chi connectivity index (χ1v) is 7.25. The molecule has 22 heavy (non-hydrogen) atoms. The van der Waals surface area contributed by atoms with Crippen molar-refractivity contribution in [3.8, 4) is 0 Å². The van der Waals surface area contributed by atoms with Crippen LogP contribution in [0.15, 0.2) is 30.3 Å². The Kier molecular flexibility index (Phi) is 7.39. The van der Waals surface area contributed by atoms with Crippen molar-refractivity contribution in [2.24, 2.45) is 5.92 Å². The molecule has 0 saturated heterocycles. The van der Waals surface area contributed by atoms with Crippen LogP contribution in [0.2, 0.25) is 0 Å². The molecule has 0 saturated carbocycles. The normalized spacial score (nSPS) is 13.5. The molecule has 0 bridgehead atoms. The van der Waals surface area contributed by atoms with Crippen molar-refractivity contribution < 1.29 is 24.5 Å². The third-order valence-electron chi connectivity index (χ3n) is 3.09. The number of alkyl carbamates (subject to hydrolysis) is 1. The molecule has 6 heteroatoms. The first kappa shape index (κ1) is 18.0. The highest BCUT2D eigenvalue weighted by Crippen LogP contribution is 2.11. The molecule has 1 rings (SSSR count). The molecule has 0 spiro atoms. The summed E-state index contributed by atoms with van der Waals surface area (Å²) < 4.78 is 5.09. The van der Waals surface area contributed by atoms with E-state index in [1.807, 2.05) is 44.2 Å². The number of benzene rings is 1. The van der Waals surface area contributed by atoms with Gasteiger partial charge >= 0.3 is 12.1 Å². The van der Waals surface area contributed by atoms with Gasteiger partial charge in [0.05, 0.1) is 18.6 Å². The number of carboxylic acid groups (broad SMARTS) is 1. The number of aliphatic carboxylic acids is 1. The third-order valence-corrected chi connectivity index (χ3v) is 3.09. The Morgan fingerprint density at radius 3 is 2.41 bits per heavy atom. The van der Waals surface area contributed by atoms with Gasteiger partial charge in [-0.1, -0.05) is 44.2 Å². The summed E-state index contributed by atoms with van der Waals surface area (Å²) in [7, 11) is 0. The molecule has 1 aromatic rings. The first-order chi connectivity index (χ1) is 10.4. The molecule has 122 valence electrons. The average molecular weight is 309 g/mol. The topological polar surface area (TPSA) is 95.9 Å². The number of hydrogen-bond acceptors (Lipinski definition) is 4. The van der Waals surface area contributed by atoms with Crippen molar-refractivity contribution in [1.29, 1.82) is 0 Å². The highest BCUT2D eigenvalue weighted by atomic mass is 16.5. The van der Waals surface area contributed by atoms with Crippen molar-refractivity contribution in [3.63, 3.8) is 0 Å². The molecule has 2 atom stereocenters. The summed E-state index contributed by atoms with van der Waals surface area (Å²) in [6, 6.07) is 8.56. The largest absolute Gasteiger partial charge is 0.481 e. The van der Waals surface area contributed by atoms with Crippen molar-refractivity contribution in [1.82, 2.24) is 5.32 Å². The molecule has 0 radical (unpaired) electrons. The van der Waals surface area contributed by atoms with E-state index >= 15 is 0 Å². The van der Waals surface area contributed by atoms with Gasteiger partial charge in [0, 0.05) is 0 Å². The van der Waals surface area contributed by atoms with E-state index in [0.717, 1.165) is 5.56 Å². The molecule has 0 aliphatic rings. The van der Waals surface area contributed by atoms with Crippen LogP contribution in [-0.2, 0) is 16.1 Å². The number of carbonyl (C=O) groups excluding carboxylic acids is 1. The standard InChI is InChI=1S/C16H23NO5/c1-11(2)8-13(14(18)9-15(19)20)17-16(21)22-10-12-6-4-3-5-7-12/h3-7,11,13-14,18H,8-10H2,1-2H3,(H,17,21)(H,19,20). The highest BCUT2D eigenvalue weighted by Gasteiger charge is 2.25. The minimum atomic E-state index is -1.15. The van der Waals surface area contributed by atoms with Crippen LogP contribution in [0.5, 0.6) is 0 Å². The van der Waals surface area contributed by atoms with Crippen LogP contribution >= 0.6 is 0 Å². The lowest BCUT2D eigenvalue weighted by Crippen LogP contribution is -2.45. The lowest BCUT2D eigenvalue weighted by molar-refractivity contribution is -0.139. The monoisotopic (exact) mass is 309 g/mol. The summed E-state index contributed by atoms with van der Waals surface area (Å²) >= 11 is 0. The quantitative estimate of drug-likeness (QED) is 0.684. The van der Waals surface area contributed by atoms with Crippen LogP contribution in [0.3, 0.4) is 0 Å². The fourth-order valence-corrected chi connectivity index (χ4v) is 2.06. The Hall–Kier alpha value is -2.08. The van der Waals surface area contributed by atoms with Gasteiger partial charge in [-0.25, -0.2) is 4.79 Å². The molecule has 6 nitrogen and oxygen atoms in total. The maximum absolute atomic E-state index is 11.8. The van der Waals surface area contributed by atoms with Crippen LogP contribution in [0.1, 0.15) is 32.3 Å². The lowest BCUT2D eigenvalue weighted by Gasteiger charge is -2.24. The summed E-state index contributed by atoms with van der Waals surface area (Å²) in [5, 5.41) is 21.2. The van der Waals surface area contributed by atoms with Crippen molar-refractivity contribution >= 4 is 12.1 Å². The number of rotatable bonds is 8. The summed E-state index contributed by atoms with van der Waals surface area (Å²) in [6.45, 7) is 3.98. The van der Waals surface area contributed by atoms with Crippen LogP contribution < -0.4 is 5.32 Å². The van der Waals surface area contributed by atoms with E-state index in [4.69, 9.17) is 9.84 Å². The molecule has 2 unspecified atom stereocenters. The van der Waals surface area contributed by atoms with Gasteiger partial charge in [-0.3, -0.25) is 4.79 Å². The number of amides is 1. The number of aliphatic hydroxyl groups excluding tert-OH is 1. The van der Waals surface area contributed by atoms with Gasteiger partial charge in [-0.15, -0.1) is 0 Å². The predicted molar refractivity (Wildman–Crippen MR) is 81.3 cm³/mol. The van der Waals surface area contributed by atoms with E-state index in [9.17, 15) is 14.7 Å². The van der Waals surface area contributed by atoms with Gasteiger partial charge in [0.2, 0.25) is 0 Å². The molecule has 0 heterocycles. The van der Waals surface area contributed by atoms with Gasteiger partial charge in [0.1, 0.15) is 6.61 Å². The Balaban J connectivity index is 2.52. The van der Waals surface area contributed by atoms with Crippen LogP contribution in [0, 0.1) is 5.92 Å². The van der Waals surface area contributed by atoms with Crippen LogP contribution in [0.4, 0.5) is 4.79 Å². The molecule has 1 aromatic carbocycles. The Labute approximate surface area is 130 Å². The number of carboxylic acids is 1. The Bertz CT molecular complexity index is 475. The molecule has 0 fully saturated rings. The Morgan fingerprint density at radius 2 is 1.86 bits per heavy atom. The number of ether oxygens (including phenoxy) is 1. The average Bonchev–Trinajstić information content (AvgIpc) is 2.44. The zero-order valence-electron chi connectivity index (χ0n) is 12.9. The first-order valence-electron chi connectivity index (χ1n) is 7.25. The molecular formula is C16H23NO5. The van der Waals surface area contributed by atoms with Gasteiger partial charge in [0.25, 0.3) is 0 Å². The second kappa shape index (κ2) is 9.04. The number of aliphatic hydroxyl groups is 1. The van der Waals surface area contributed by atoms with E-state index in [0.29, 0.717) is 6.42 Å². The molecule has 1 amide bonds. The molecule has 3 N–H and O–H groups in total. The van der Waals surface area contributed by atoms with Crippen LogP contribution in [-0.4, -0.2) is 34.4 Å². The number of carbonyl (C=O) groups is 2. The Morgan fingerprint density at radius 1 is 1.23 bits per heavy atom. The summed E-state index contributed by atoms with van der Waals surface area (Å²) in [4.78, 5) is 22.5. The maximum atomic E-state index is 11.8. The summed E-state index contributed by atoms with van der Waals surface area (Å²) in [6.07, 6.45) is -1.77. The minimum absolute atomic E-state index is 0.121. The molecule has 0 aromatic heterocycles. The fourth-order valence-electron chi connectivity index (χ4n) is 2.06. The molecular weight excluding hydrogens is 286 g/mol. The van der Waals surface area contributed by atoms with Gasteiger partial charge in [0.15, 0.2) is 0 Å². The third kappa shape index (κ3) is 7.08. The second-order valence-corrected chi connectivity index (χ2v) is 5.61. The van der Waals surface area contributed by atoms with E-state index < -0.39 is 30.6 Å². The van der Waals surface area contributed by atoms with Crippen molar-refractivity contribution in [2.45, 2.75) is 45.4 Å². The van der Waals surface area contributed by atoms with E-state index in [2.05, 4.69) is 5.32 Å². The SMILES string of the molecule is CC(C)CC(NC(=O)OCc1ccccc1)C(O)CC(=O)O. The number of hydrogen-bond donors (Lipinski definition) is 3. The zero-order valence-corrected chi connectivity index (χ0v) is 12.9. The summed E-state index contributed by atoms with van der Waals surface area (Å²) in [5.41, 5.74) is 0.851. The van der Waals surface area contributed by atoms with Gasteiger partial charge in [-0.2, -0.15) is 0 Å². The van der Waals surface area contributed by atoms with Gasteiger partial charge < -0.3 is 20.3 Å². The highest BCUT2D eigenvalue weighted by molar-refractivity contribution is 5.69. The summed E-state index contributed by atoms with van der Waals surface area (Å²) in [5.74, 6) is -0.913. The van der Waals surface area contributed by atoms with E-state index in [-0.39, 0.29) is 12.5 Å². The van der Waals surface area contributed by atoms with Gasteiger partial charge in [-0.05, 0) is 17.9 Å². The van der Waals surface area contributed by atoms with E-state index in [1.165, 1.54) is 0 Å². The maximum Gasteiger partial charge on any atom is 0.407 e. The van der Waals surface area contributed by atoms with Crippen molar-refractivity contribution in [2.75, 3.05) is 0 Å². The predicted octanol–water partition coefficient (Wildman–Crippen LogP) is 2.16. The zero-order chi connectivity index (χ0) is 16.5. The molecule has 0 aliphatic heterocycles. The van der Waals surface area contributed by atoms with E-state index in [1.54, 1.807) is 0 Å². The number of nitrogens with one attached hydrogen (secondary N) is 1.